The van der Waals surface area contributed by atoms with Crippen molar-refractivity contribution in [3.05, 3.63) is 0 Å². The SMILES string of the molecule is CC(C)N(OC(=O)CP)C(C)C. The summed E-state index contributed by atoms with van der Waals surface area (Å²) < 4.78 is 0. The molecule has 0 saturated carbocycles. The van der Waals surface area contributed by atoms with Crippen molar-refractivity contribution in [2.45, 2.75) is 39.8 Å². The van der Waals surface area contributed by atoms with Gasteiger partial charge in [0.2, 0.25) is 0 Å². The first-order valence-corrected chi connectivity index (χ1v) is 4.99. The minimum Gasteiger partial charge on any atom is -0.367 e. The van der Waals surface area contributed by atoms with Crippen molar-refractivity contribution in [2.24, 2.45) is 0 Å². The third-order valence-electron chi connectivity index (χ3n) is 1.39. The lowest BCUT2D eigenvalue weighted by Crippen LogP contribution is -2.39. The number of rotatable bonds is 4. The van der Waals surface area contributed by atoms with E-state index >= 15 is 0 Å². The van der Waals surface area contributed by atoms with Crippen LogP contribution in [-0.4, -0.2) is 29.3 Å². The van der Waals surface area contributed by atoms with Gasteiger partial charge in [0.1, 0.15) is 0 Å². The second kappa shape index (κ2) is 5.50. The number of hydrogen-bond acceptors (Lipinski definition) is 3. The molecule has 12 heavy (non-hydrogen) atoms. The highest BCUT2D eigenvalue weighted by molar-refractivity contribution is 7.18. The molecule has 0 aromatic heterocycles. The van der Waals surface area contributed by atoms with Gasteiger partial charge in [0.25, 0.3) is 0 Å². The lowest BCUT2D eigenvalue weighted by atomic mass is 10.3. The lowest BCUT2D eigenvalue weighted by molar-refractivity contribution is -0.205. The normalized spacial score (nSPS) is 11.3. The number of hydroxylamine groups is 2. The number of carbonyl (C=O) groups excluding carboxylic acids is 1. The van der Waals surface area contributed by atoms with Crippen LogP contribution in [0.1, 0.15) is 27.7 Å². The third kappa shape index (κ3) is 4.03. The molecular weight excluding hydrogens is 173 g/mol. The lowest BCUT2D eigenvalue weighted by Gasteiger charge is -2.28. The third-order valence-corrected chi connectivity index (χ3v) is 1.73. The molecule has 1 atom stereocenters. The summed E-state index contributed by atoms with van der Waals surface area (Å²) in [5.74, 6) is -0.206. The van der Waals surface area contributed by atoms with Gasteiger partial charge in [-0.15, -0.1) is 14.3 Å². The zero-order valence-electron chi connectivity index (χ0n) is 8.20. The van der Waals surface area contributed by atoms with Crippen molar-refractivity contribution >= 4 is 15.2 Å². The molecule has 0 aliphatic heterocycles. The molecule has 1 unspecified atom stereocenters. The summed E-state index contributed by atoms with van der Waals surface area (Å²) >= 11 is 0. The number of nitrogens with zero attached hydrogens (tertiary/aromatic N) is 1. The molecule has 0 saturated heterocycles. The Morgan fingerprint density at radius 1 is 1.33 bits per heavy atom. The van der Waals surface area contributed by atoms with E-state index in [2.05, 4.69) is 9.24 Å². The molecule has 0 spiro atoms. The number of carbonyl (C=O) groups is 1. The van der Waals surface area contributed by atoms with Gasteiger partial charge < -0.3 is 4.84 Å². The summed E-state index contributed by atoms with van der Waals surface area (Å²) in [4.78, 5) is 16.0. The maximum Gasteiger partial charge on any atom is 0.328 e. The van der Waals surface area contributed by atoms with Gasteiger partial charge in [-0.05, 0) is 27.7 Å². The maximum absolute atomic E-state index is 10.9. The van der Waals surface area contributed by atoms with Gasteiger partial charge in [-0.1, -0.05) is 0 Å². The Kier molecular flexibility index (Phi) is 5.43. The van der Waals surface area contributed by atoms with E-state index in [0.29, 0.717) is 6.16 Å². The molecule has 0 heterocycles. The zero-order chi connectivity index (χ0) is 9.72. The molecule has 0 aliphatic carbocycles. The van der Waals surface area contributed by atoms with Crippen LogP contribution in [0.15, 0.2) is 0 Å². The van der Waals surface area contributed by atoms with Crippen molar-refractivity contribution in [3.63, 3.8) is 0 Å². The maximum atomic E-state index is 10.9. The molecular formula is C8H18NO2P. The van der Waals surface area contributed by atoms with Crippen molar-refractivity contribution in [1.82, 2.24) is 5.06 Å². The average Bonchev–Trinajstić information content (AvgIpc) is 1.98. The molecule has 0 aromatic carbocycles. The van der Waals surface area contributed by atoms with Crippen molar-refractivity contribution in [2.75, 3.05) is 6.16 Å². The van der Waals surface area contributed by atoms with Crippen molar-refractivity contribution < 1.29 is 9.63 Å². The Morgan fingerprint density at radius 2 is 1.75 bits per heavy atom. The first kappa shape index (κ1) is 11.9. The van der Waals surface area contributed by atoms with Crippen LogP contribution in [0.5, 0.6) is 0 Å². The average molecular weight is 191 g/mol. The van der Waals surface area contributed by atoms with Crippen LogP contribution in [0, 0.1) is 0 Å². The highest BCUT2D eigenvalue weighted by Gasteiger charge is 2.17. The van der Waals surface area contributed by atoms with Gasteiger partial charge in [-0.25, -0.2) is 4.79 Å². The van der Waals surface area contributed by atoms with Crippen LogP contribution in [-0.2, 0) is 9.63 Å². The molecule has 0 N–H and O–H groups in total. The van der Waals surface area contributed by atoms with Crippen LogP contribution in [0.2, 0.25) is 0 Å². The smallest absolute Gasteiger partial charge is 0.328 e. The van der Waals surface area contributed by atoms with Crippen LogP contribution in [0.4, 0.5) is 0 Å². The van der Waals surface area contributed by atoms with Crippen LogP contribution in [0.3, 0.4) is 0 Å². The quantitative estimate of drug-likeness (QED) is 0.497. The van der Waals surface area contributed by atoms with E-state index < -0.39 is 0 Å². The van der Waals surface area contributed by atoms with Crippen molar-refractivity contribution in [3.8, 4) is 0 Å². The topological polar surface area (TPSA) is 29.5 Å². The Labute approximate surface area is 76.6 Å². The Balaban J connectivity index is 4.05. The molecule has 0 fully saturated rings. The van der Waals surface area contributed by atoms with Crippen LogP contribution < -0.4 is 0 Å². The Bertz CT molecular complexity index is 140. The van der Waals surface area contributed by atoms with Gasteiger partial charge in [-0.3, -0.25) is 0 Å². The van der Waals surface area contributed by atoms with E-state index in [1.165, 1.54) is 0 Å². The first-order valence-electron chi connectivity index (χ1n) is 4.18. The van der Waals surface area contributed by atoms with Gasteiger partial charge in [0.05, 0.1) is 6.16 Å². The van der Waals surface area contributed by atoms with Gasteiger partial charge in [0.15, 0.2) is 0 Å². The second-order valence-corrected chi connectivity index (χ2v) is 3.62. The molecule has 0 amide bonds. The van der Waals surface area contributed by atoms with Gasteiger partial charge in [0, 0.05) is 12.1 Å². The van der Waals surface area contributed by atoms with E-state index in [-0.39, 0.29) is 18.1 Å². The second-order valence-electron chi connectivity index (χ2n) is 3.21. The molecule has 0 bridgehead atoms. The first-order chi connectivity index (χ1) is 5.49. The largest absolute Gasteiger partial charge is 0.367 e. The molecule has 0 radical (unpaired) electrons. The Hall–Kier alpha value is -0.140. The Morgan fingerprint density at radius 3 is 2.00 bits per heavy atom. The molecule has 3 nitrogen and oxygen atoms in total. The fraction of sp³-hybridized carbons (Fsp3) is 0.875. The molecule has 72 valence electrons. The standard InChI is InChI=1S/C8H18NO2P/c1-6(2)9(7(3)4)11-8(10)5-12/h6-7H,5,12H2,1-4H3. The summed E-state index contributed by atoms with van der Waals surface area (Å²) in [5.41, 5.74) is 0. The minimum absolute atomic E-state index is 0.206. The fourth-order valence-electron chi connectivity index (χ4n) is 0.962. The van der Waals surface area contributed by atoms with E-state index in [1.54, 1.807) is 5.06 Å². The molecule has 0 aliphatic rings. The van der Waals surface area contributed by atoms with E-state index in [0.717, 1.165) is 0 Å². The van der Waals surface area contributed by atoms with Crippen LogP contribution in [0.25, 0.3) is 0 Å². The van der Waals surface area contributed by atoms with E-state index in [1.807, 2.05) is 27.7 Å². The predicted octanol–water partition coefficient (Wildman–Crippen LogP) is 1.44. The summed E-state index contributed by atoms with van der Waals surface area (Å²) in [6.07, 6.45) is 0.343. The number of hydrogen-bond donors (Lipinski definition) is 0. The highest BCUT2D eigenvalue weighted by atomic mass is 31.0. The van der Waals surface area contributed by atoms with Gasteiger partial charge >= 0.3 is 5.97 Å². The molecule has 0 rings (SSSR count). The zero-order valence-corrected chi connectivity index (χ0v) is 9.36. The van der Waals surface area contributed by atoms with Crippen LogP contribution >= 0.6 is 9.24 Å². The monoisotopic (exact) mass is 191 g/mol. The minimum atomic E-state index is -0.206. The van der Waals surface area contributed by atoms with Crippen molar-refractivity contribution in [1.29, 1.82) is 0 Å². The summed E-state index contributed by atoms with van der Waals surface area (Å²) in [6, 6.07) is 0.455. The highest BCUT2D eigenvalue weighted by Crippen LogP contribution is 2.06. The summed E-state index contributed by atoms with van der Waals surface area (Å²) in [6.45, 7) is 7.98. The van der Waals surface area contributed by atoms with E-state index in [9.17, 15) is 4.79 Å². The fourth-order valence-corrected chi connectivity index (χ4v) is 1.04. The summed E-state index contributed by atoms with van der Waals surface area (Å²) in [7, 11) is 2.35. The molecule has 0 aromatic rings. The molecule has 4 heteroatoms. The summed E-state index contributed by atoms with van der Waals surface area (Å²) in [5, 5.41) is 1.70. The van der Waals surface area contributed by atoms with E-state index in [4.69, 9.17) is 4.84 Å². The van der Waals surface area contributed by atoms with Gasteiger partial charge in [-0.2, -0.15) is 0 Å². The predicted molar refractivity (Wildman–Crippen MR) is 52.8 cm³/mol.